The lowest BCUT2D eigenvalue weighted by atomic mass is 9.99. The number of rotatable bonds is 7. The summed E-state index contributed by atoms with van der Waals surface area (Å²) in [5, 5.41) is 25.2. The third-order valence-electron chi connectivity index (χ3n) is 8.13. The normalized spacial score (nSPS) is 15.2. The maximum atomic E-state index is 14.4. The zero-order valence-corrected chi connectivity index (χ0v) is 24.8. The predicted octanol–water partition coefficient (Wildman–Crippen LogP) is 4.73. The van der Waals surface area contributed by atoms with Gasteiger partial charge in [0.05, 0.1) is 29.4 Å². The van der Waals surface area contributed by atoms with Gasteiger partial charge in [0.2, 0.25) is 5.91 Å². The van der Waals surface area contributed by atoms with Crippen LogP contribution >= 0.6 is 0 Å². The topological polar surface area (TPSA) is 153 Å². The summed E-state index contributed by atoms with van der Waals surface area (Å²) in [6.45, 7) is 3.20. The molecule has 5 rings (SSSR count). The molecule has 230 valence electrons. The van der Waals surface area contributed by atoms with Crippen molar-refractivity contribution >= 4 is 51.6 Å². The van der Waals surface area contributed by atoms with Crippen molar-refractivity contribution in [3.8, 4) is 0 Å². The molecule has 4 amide bonds. The number of non-ortho nitro benzene ring substituents is 1. The number of hydrogen-bond acceptors (Lipinski definition) is 6. The van der Waals surface area contributed by atoms with Crippen molar-refractivity contribution in [1.29, 1.82) is 0 Å². The number of aryl methyl sites for hydroxylation is 1. The number of benzene rings is 4. The number of anilines is 2. The van der Waals surface area contributed by atoms with Crippen LogP contribution in [0.25, 0.3) is 10.8 Å². The number of likely N-dealkylation sites (N-methyl/N-ethyl adjacent to an activating group) is 1. The summed E-state index contributed by atoms with van der Waals surface area (Å²) < 4.78 is 0. The van der Waals surface area contributed by atoms with Crippen molar-refractivity contribution in [2.75, 3.05) is 23.4 Å². The van der Waals surface area contributed by atoms with E-state index in [0.29, 0.717) is 11.4 Å². The first-order valence-corrected chi connectivity index (χ1v) is 14.2. The number of carbonyl (C=O) groups excluding carboxylic acids is 3. The van der Waals surface area contributed by atoms with E-state index in [4.69, 9.17) is 0 Å². The Kier molecular flexibility index (Phi) is 8.48. The number of fused-ring (bicyclic) bond motifs is 2. The average molecular weight is 610 g/mol. The molecule has 0 saturated carbocycles. The summed E-state index contributed by atoms with van der Waals surface area (Å²) >= 11 is 0. The molecular formula is C33H31N5O7. The zero-order chi connectivity index (χ0) is 32.4. The summed E-state index contributed by atoms with van der Waals surface area (Å²) in [4.78, 5) is 67.6. The number of nitro benzene ring substituents is 1. The van der Waals surface area contributed by atoms with Crippen molar-refractivity contribution in [1.82, 2.24) is 10.2 Å². The summed E-state index contributed by atoms with van der Waals surface area (Å²) in [5.74, 6) is -1.75. The molecule has 45 heavy (non-hydrogen) atoms. The van der Waals surface area contributed by atoms with E-state index in [0.717, 1.165) is 26.8 Å². The summed E-state index contributed by atoms with van der Waals surface area (Å²) in [5.41, 5.74) is 2.62. The highest BCUT2D eigenvalue weighted by atomic mass is 16.6. The average Bonchev–Trinajstić information content (AvgIpc) is 3.15. The van der Waals surface area contributed by atoms with Gasteiger partial charge >= 0.3 is 6.09 Å². The Morgan fingerprint density at radius 1 is 1.00 bits per heavy atom. The third-order valence-corrected chi connectivity index (χ3v) is 8.13. The molecule has 2 atom stereocenters. The number of carbonyl (C=O) groups is 4. The van der Waals surface area contributed by atoms with Crippen LogP contribution in [0, 0.1) is 17.0 Å². The second kappa shape index (κ2) is 12.4. The van der Waals surface area contributed by atoms with Crippen molar-refractivity contribution in [2.45, 2.75) is 32.5 Å². The maximum Gasteiger partial charge on any atom is 0.407 e. The van der Waals surface area contributed by atoms with Crippen LogP contribution in [-0.2, 0) is 16.1 Å². The van der Waals surface area contributed by atoms with Crippen LogP contribution in [0.5, 0.6) is 0 Å². The fraction of sp³-hybridized carbons (Fsp3) is 0.212. The Morgan fingerprint density at radius 2 is 1.64 bits per heavy atom. The lowest BCUT2D eigenvalue weighted by Gasteiger charge is -2.28. The maximum absolute atomic E-state index is 14.4. The van der Waals surface area contributed by atoms with Gasteiger partial charge in [-0.25, -0.2) is 4.79 Å². The first-order chi connectivity index (χ1) is 21.5. The summed E-state index contributed by atoms with van der Waals surface area (Å²) in [6.07, 6.45) is -1.32. The number of carboxylic acid groups (broad SMARTS) is 1. The minimum atomic E-state index is -1.32. The SMILES string of the molecule is Cc1ccc2ccccc2c1CN1C(=O)[C@@H](NC(=O)[C@H](C)N(C)C(=O)O)CN(C(=O)c2ccc([N+](=O)[O-])cc2)c2ccccc21. The van der Waals surface area contributed by atoms with E-state index >= 15 is 0 Å². The van der Waals surface area contributed by atoms with Gasteiger partial charge in [0, 0.05) is 24.7 Å². The largest absolute Gasteiger partial charge is 0.465 e. The minimum absolute atomic E-state index is 0.125. The van der Waals surface area contributed by atoms with Gasteiger partial charge < -0.3 is 20.2 Å². The molecule has 0 fully saturated rings. The van der Waals surface area contributed by atoms with Gasteiger partial charge in [0.25, 0.3) is 17.5 Å². The van der Waals surface area contributed by atoms with E-state index in [1.165, 1.54) is 48.0 Å². The number of amides is 4. The Morgan fingerprint density at radius 3 is 2.31 bits per heavy atom. The van der Waals surface area contributed by atoms with E-state index in [-0.39, 0.29) is 24.3 Å². The molecule has 0 spiro atoms. The van der Waals surface area contributed by atoms with E-state index in [1.807, 2.05) is 43.3 Å². The first kappa shape index (κ1) is 30.7. The fourth-order valence-corrected chi connectivity index (χ4v) is 5.38. The number of hydrogen-bond donors (Lipinski definition) is 2. The van der Waals surface area contributed by atoms with Crippen molar-refractivity contribution in [3.05, 3.63) is 112 Å². The van der Waals surface area contributed by atoms with Gasteiger partial charge in [0.15, 0.2) is 0 Å². The molecule has 0 aliphatic carbocycles. The van der Waals surface area contributed by atoms with Crippen molar-refractivity contribution in [2.24, 2.45) is 0 Å². The highest BCUT2D eigenvalue weighted by molar-refractivity contribution is 6.13. The van der Waals surface area contributed by atoms with Crippen LogP contribution in [0.2, 0.25) is 0 Å². The van der Waals surface area contributed by atoms with Crippen LogP contribution in [0.15, 0.2) is 84.9 Å². The standard InChI is InChI=1S/C33H31N5O7/c1-20-12-13-22-8-4-5-9-25(22)26(20)18-36-28-10-6-7-11-29(28)37(31(40)23-14-16-24(17-15-23)38(44)45)19-27(32(36)41)34-30(39)21(2)35(3)33(42)43/h4-17,21,27H,18-19H2,1-3H3,(H,34,39)(H,42,43)/t21-,27-/m0/s1. The summed E-state index contributed by atoms with van der Waals surface area (Å²) in [6, 6.07) is 21.4. The highest BCUT2D eigenvalue weighted by Gasteiger charge is 2.38. The number of nitrogens with zero attached hydrogens (tertiary/aromatic N) is 4. The van der Waals surface area contributed by atoms with Gasteiger partial charge in [-0.05, 0) is 60.0 Å². The lowest BCUT2D eigenvalue weighted by Crippen LogP contribution is -2.56. The molecule has 0 unspecified atom stereocenters. The van der Waals surface area contributed by atoms with Gasteiger partial charge in [-0.2, -0.15) is 0 Å². The molecular weight excluding hydrogens is 578 g/mol. The predicted molar refractivity (Wildman–Crippen MR) is 168 cm³/mol. The summed E-state index contributed by atoms with van der Waals surface area (Å²) in [7, 11) is 1.25. The molecule has 0 radical (unpaired) electrons. The molecule has 4 aromatic carbocycles. The van der Waals surface area contributed by atoms with Gasteiger partial charge in [0.1, 0.15) is 12.1 Å². The first-order valence-electron chi connectivity index (χ1n) is 14.2. The van der Waals surface area contributed by atoms with E-state index in [1.54, 1.807) is 24.3 Å². The minimum Gasteiger partial charge on any atom is -0.465 e. The molecule has 4 aromatic rings. The smallest absolute Gasteiger partial charge is 0.407 e. The molecule has 2 N–H and O–H groups in total. The number of nitro groups is 1. The second-order valence-electron chi connectivity index (χ2n) is 10.8. The molecule has 12 nitrogen and oxygen atoms in total. The van der Waals surface area contributed by atoms with Crippen molar-refractivity contribution < 1.29 is 29.2 Å². The van der Waals surface area contributed by atoms with Crippen LogP contribution in [0.4, 0.5) is 21.9 Å². The molecule has 12 heteroatoms. The zero-order valence-electron chi connectivity index (χ0n) is 24.8. The number of para-hydroxylation sites is 2. The lowest BCUT2D eigenvalue weighted by molar-refractivity contribution is -0.384. The molecule has 0 bridgehead atoms. The monoisotopic (exact) mass is 609 g/mol. The quantitative estimate of drug-likeness (QED) is 0.227. The van der Waals surface area contributed by atoms with Crippen LogP contribution in [0.1, 0.15) is 28.4 Å². The molecule has 1 heterocycles. The second-order valence-corrected chi connectivity index (χ2v) is 10.8. The molecule has 0 saturated heterocycles. The Labute approximate surface area is 258 Å². The fourth-order valence-electron chi connectivity index (χ4n) is 5.38. The van der Waals surface area contributed by atoms with Gasteiger partial charge in [-0.15, -0.1) is 0 Å². The molecule has 0 aromatic heterocycles. The van der Waals surface area contributed by atoms with E-state index in [2.05, 4.69) is 5.32 Å². The Balaban J connectivity index is 1.61. The Bertz CT molecular complexity index is 1820. The van der Waals surface area contributed by atoms with Crippen LogP contribution in [0.3, 0.4) is 0 Å². The highest BCUT2D eigenvalue weighted by Crippen LogP contribution is 2.36. The Hall–Kier alpha value is -5.78. The van der Waals surface area contributed by atoms with Crippen molar-refractivity contribution in [3.63, 3.8) is 0 Å². The van der Waals surface area contributed by atoms with Crippen LogP contribution < -0.4 is 15.1 Å². The van der Waals surface area contributed by atoms with Gasteiger partial charge in [-0.3, -0.25) is 29.4 Å². The molecule has 1 aliphatic rings. The van der Waals surface area contributed by atoms with E-state index < -0.39 is 40.8 Å². The molecule has 1 aliphatic heterocycles. The van der Waals surface area contributed by atoms with Gasteiger partial charge in [-0.1, -0.05) is 48.5 Å². The van der Waals surface area contributed by atoms with E-state index in [9.17, 15) is 34.4 Å². The van der Waals surface area contributed by atoms with Crippen LogP contribution in [-0.4, -0.2) is 64.4 Å². The number of nitrogens with one attached hydrogen (secondary N) is 1. The third kappa shape index (κ3) is 6.03.